The molecule has 2 fully saturated rings. The Bertz CT molecular complexity index is 531. The van der Waals surface area contributed by atoms with Crippen LogP contribution in [-0.4, -0.2) is 11.8 Å². The molecule has 0 heterocycles. The normalized spacial score (nSPS) is 26.8. The molecular formula is C16H20N2O2. The Labute approximate surface area is 118 Å². The molecule has 0 aromatic heterocycles. The van der Waals surface area contributed by atoms with E-state index in [9.17, 15) is 9.59 Å². The van der Waals surface area contributed by atoms with Gasteiger partial charge >= 0.3 is 0 Å². The van der Waals surface area contributed by atoms with Gasteiger partial charge in [0.1, 0.15) is 0 Å². The van der Waals surface area contributed by atoms with Crippen molar-refractivity contribution in [1.29, 1.82) is 0 Å². The quantitative estimate of drug-likeness (QED) is 0.885. The molecule has 4 heteroatoms. The lowest BCUT2D eigenvalue weighted by Gasteiger charge is -2.13. The smallest absolute Gasteiger partial charge is 0.227 e. The van der Waals surface area contributed by atoms with Crippen LogP contribution in [0.1, 0.15) is 32.6 Å². The number of carbonyl (C=O) groups excluding carboxylic acids is 2. The van der Waals surface area contributed by atoms with Gasteiger partial charge in [0.2, 0.25) is 11.8 Å². The van der Waals surface area contributed by atoms with Crippen LogP contribution in [0.5, 0.6) is 0 Å². The molecule has 3 rings (SSSR count). The van der Waals surface area contributed by atoms with E-state index in [0.717, 1.165) is 36.1 Å². The summed E-state index contributed by atoms with van der Waals surface area (Å²) in [6.07, 6.45) is 3.86. The molecule has 0 aliphatic heterocycles. The highest BCUT2D eigenvalue weighted by molar-refractivity contribution is 5.95. The maximum absolute atomic E-state index is 12.2. The minimum absolute atomic E-state index is 0.0237. The summed E-state index contributed by atoms with van der Waals surface area (Å²) in [6.45, 7) is 1.81. The Kier molecular flexibility index (Phi) is 3.47. The summed E-state index contributed by atoms with van der Waals surface area (Å²) in [4.78, 5) is 23.5. The minimum atomic E-state index is -0.0237. The molecule has 0 spiro atoms. The largest absolute Gasteiger partial charge is 0.326 e. The molecule has 0 saturated heterocycles. The molecule has 4 nitrogen and oxygen atoms in total. The Morgan fingerprint density at radius 2 is 1.75 bits per heavy atom. The summed E-state index contributed by atoms with van der Waals surface area (Å²) in [5.41, 5.74) is 1.48. The van der Waals surface area contributed by atoms with E-state index >= 15 is 0 Å². The van der Waals surface area contributed by atoms with E-state index in [2.05, 4.69) is 10.6 Å². The van der Waals surface area contributed by atoms with Gasteiger partial charge < -0.3 is 10.6 Å². The Morgan fingerprint density at radius 1 is 1.10 bits per heavy atom. The zero-order valence-corrected chi connectivity index (χ0v) is 11.7. The SMILES string of the molecule is CCC(=O)Nc1cccc(NC(=O)C2CC3CC3C2)c1. The van der Waals surface area contributed by atoms with Crippen molar-refractivity contribution in [3.8, 4) is 0 Å². The highest BCUT2D eigenvalue weighted by Gasteiger charge is 2.47. The molecule has 2 aliphatic rings. The predicted octanol–water partition coefficient (Wildman–Crippen LogP) is 3.02. The van der Waals surface area contributed by atoms with Crippen LogP contribution >= 0.6 is 0 Å². The van der Waals surface area contributed by atoms with Crippen LogP contribution in [0.25, 0.3) is 0 Å². The van der Waals surface area contributed by atoms with Crippen LogP contribution in [-0.2, 0) is 9.59 Å². The highest BCUT2D eigenvalue weighted by atomic mass is 16.2. The summed E-state index contributed by atoms with van der Waals surface area (Å²) in [7, 11) is 0. The number of hydrogen-bond acceptors (Lipinski definition) is 2. The maximum Gasteiger partial charge on any atom is 0.227 e. The van der Waals surface area contributed by atoms with Crippen LogP contribution in [0, 0.1) is 17.8 Å². The fourth-order valence-corrected chi connectivity index (χ4v) is 3.10. The number of nitrogens with one attached hydrogen (secondary N) is 2. The molecule has 2 aliphatic carbocycles. The number of benzene rings is 1. The highest BCUT2D eigenvalue weighted by Crippen LogP contribution is 2.54. The van der Waals surface area contributed by atoms with Gasteiger partial charge in [-0.2, -0.15) is 0 Å². The standard InChI is InChI=1S/C16H20N2O2/c1-2-15(19)17-13-4-3-5-14(9-13)18-16(20)12-7-10-6-11(10)8-12/h3-5,9-12H,2,6-8H2,1H3,(H,17,19)(H,18,20). The first-order valence-corrected chi connectivity index (χ1v) is 7.36. The van der Waals surface area contributed by atoms with Gasteiger partial charge in [0.15, 0.2) is 0 Å². The number of amides is 2. The van der Waals surface area contributed by atoms with Crippen LogP contribution in [0.2, 0.25) is 0 Å². The lowest BCUT2D eigenvalue weighted by molar-refractivity contribution is -0.120. The zero-order chi connectivity index (χ0) is 14.1. The molecule has 2 amide bonds. The van der Waals surface area contributed by atoms with E-state index < -0.39 is 0 Å². The van der Waals surface area contributed by atoms with Crippen molar-refractivity contribution in [2.24, 2.45) is 17.8 Å². The van der Waals surface area contributed by atoms with Crippen molar-refractivity contribution in [3.63, 3.8) is 0 Å². The zero-order valence-electron chi connectivity index (χ0n) is 11.7. The Morgan fingerprint density at radius 3 is 2.40 bits per heavy atom. The van der Waals surface area contributed by atoms with E-state index in [0.29, 0.717) is 6.42 Å². The van der Waals surface area contributed by atoms with Crippen molar-refractivity contribution in [3.05, 3.63) is 24.3 Å². The number of rotatable bonds is 4. The van der Waals surface area contributed by atoms with Gasteiger partial charge in [-0.15, -0.1) is 0 Å². The first kappa shape index (κ1) is 13.2. The number of carbonyl (C=O) groups is 2. The van der Waals surface area contributed by atoms with Crippen molar-refractivity contribution < 1.29 is 9.59 Å². The predicted molar refractivity (Wildman–Crippen MR) is 78.3 cm³/mol. The first-order valence-electron chi connectivity index (χ1n) is 7.36. The molecule has 2 saturated carbocycles. The average molecular weight is 272 g/mol. The van der Waals surface area contributed by atoms with Gasteiger partial charge in [0.25, 0.3) is 0 Å². The second kappa shape index (κ2) is 5.27. The second-order valence-corrected chi connectivity index (χ2v) is 5.90. The van der Waals surface area contributed by atoms with Crippen LogP contribution in [0.4, 0.5) is 11.4 Å². The molecule has 20 heavy (non-hydrogen) atoms. The van der Waals surface area contributed by atoms with Crippen molar-refractivity contribution in [1.82, 2.24) is 0 Å². The van der Waals surface area contributed by atoms with Crippen LogP contribution in [0.15, 0.2) is 24.3 Å². The molecule has 2 atom stereocenters. The molecule has 0 bridgehead atoms. The molecule has 0 radical (unpaired) electrons. The maximum atomic E-state index is 12.2. The lowest BCUT2D eigenvalue weighted by Crippen LogP contribution is -2.21. The van der Waals surface area contributed by atoms with E-state index in [1.807, 2.05) is 25.1 Å². The van der Waals surface area contributed by atoms with E-state index in [1.165, 1.54) is 6.42 Å². The summed E-state index contributed by atoms with van der Waals surface area (Å²) in [5, 5.41) is 5.77. The summed E-state index contributed by atoms with van der Waals surface area (Å²) in [5.74, 6) is 1.88. The van der Waals surface area contributed by atoms with Crippen LogP contribution in [0.3, 0.4) is 0 Å². The van der Waals surface area contributed by atoms with Gasteiger partial charge in [-0.1, -0.05) is 13.0 Å². The molecule has 1 aromatic carbocycles. The topological polar surface area (TPSA) is 58.2 Å². The van der Waals surface area contributed by atoms with E-state index in [1.54, 1.807) is 6.07 Å². The first-order chi connectivity index (χ1) is 9.65. The molecule has 2 N–H and O–H groups in total. The average Bonchev–Trinajstić information content (AvgIpc) is 3.05. The third-order valence-electron chi connectivity index (χ3n) is 4.35. The summed E-state index contributed by atoms with van der Waals surface area (Å²) in [6, 6.07) is 7.33. The van der Waals surface area contributed by atoms with Crippen molar-refractivity contribution in [2.75, 3.05) is 10.6 Å². The van der Waals surface area contributed by atoms with Crippen LogP contribution < -0.4 is 10.6 Å². The fraction of sp³-hybridized carbons (Fsp3) is 0.500. The monoisotopic (exact) mass is 272 g/mol. The van der Waals surface area contributed by atoms with Gasteiger partial charge in [-0.05, 0) is 49.3 Å². The third-order valence-corrected chi connectivity index (χ3v) is 4.35. The van der Waals surface area contributed by atoms with E-state index in [-0.39, 0.29) is 17.7 Å². The van der Waals surface area contributed by atoms with Gasteiger partial charge in [0, 0.05) is 23.7 Å². The Hall–Kier alpha value is -1.84. The molecule has 106 valence electrons. The summed E-state index contributed by atoms with van der Waals surface area (Å²) >= 11 is 0. The fourth-order valence-electron chi connectivity index (χ4n) is 3.10. The second-order valence-electron chi connectivity index (χ2n) is 5.90. The number of hydrogen-bond donors (Lipinski definition) is 2. The number of fused-ring (bicyclic) bond motifs is 1. The molecular weight excluding hydrogens is 252 g/mol. The minimum Gasteiger partial charge on any atom is -0.326 e. The lowest BCUT2D eigenvalue weighted by atomic mass is 10.0. The van der Waals surface area contributed by atoms with E-state index in [4.69, 9.17) is 0 Å². The van der Waals surface area contributed by atoms with Crippen molar-refractivity contribution >= 4 is 23.2 Å². The van der Waals surface area contributed by atoms with Gasteiger partial charge in [-0.25, -0.2) is 0 Å². The molecule has 1 aromatic rings. The van der Waals surface area contributed by atoms with Crippen molar-refractivity contribution in [2.45, 2.75) is 32.6 Å². The summed E-state index contributed by atoms with van der Waals surface area (Å²) < 4.78 is 0. The third kappa shape index (κ3) is 2.84. The number of anilines is 2. The van der Waals surface area contributed by atoms with Gasteiger partial charge in [-0.3, -0.25) is 9.59 Å². The van der Waals surface area contributed by atoms with Gasteiger partial charge in [0.05, 0.1) is 0 Å². The Balaban J connectivity index is 1.60. The molecule has 2 unspecified atom stereocenters.